The van der Waals surface area contributed by atoms with Gasteiger partial charge in [-0.15, -0.1) is 0 Å². The highest BCUT2D eigenvalue weighted by molar-refractivity contribution is 5.79. The maximum Gasteiger partial charge on any atom is 0.241 e. The number of benzene rings is 2. The third kappa shape index (κ3) is 6.11. The van der Waals surface area contributed by atoms with Crippen molar-refractivity contribution in [1.29, 1.82) is 0 Å². The molecule has 0 bridgehead atoms. The molecule has 2 heterocycles. The fraction of sp³-hybridized carbons (Fsp3) is 0.400. The molecule has 1 fully saturated rings. The number of carbonyl (C=O) groups excluding carboxylic acids is 1. The second kappa shape index (κ2) is 11.1. The summed E-state index contributed by atoms with van der Waals surface area (Å²) in [5.41, 5.74) is 0.691. The van der Waals surface area contributed by atoms with Crippen LogP contribution in [0.15, 0.2) is 53.1 Å². The van der Waals surface area contributed by atoms with Crippen molar-refractivity contribution >= 4 is 5.91 Å². The zero-order valence-corrected chi connectivity index (χ0v) is 19.4. The summed E-state index contributed by atoms with van der Waals surface area (Å²) in [5.74, 6) is 1.78. The number of para-hydroxylation sites is 2. The molecule has 34 heavy (non-hydrogen) atoms. The number of piperidine rings is 1. The van der Waals surface area contributed by atoms with Crippen molar-refractivity contribution in [3.63, 3.8) is 0 Å². The third-order valence-corrected chi connectivity index (χ3v) is 5.75. The molecule has 0 spiro atoms. The number of likely N-dealkylation sites (tertiary alicyclic amines) is 1. The number of hydrogen-bond acceptors (Lipinski definition) is 7. The van der Waals surface area contributed by atoms with E-state index in [1.165, 1.54) is 12.1 Å². The minimum absolute atomic E-state index is 0.0124. The Kier molecular flexibility index (Phi) is 7.74. The Morgan fingerprint density at radius 2 is 2.00 bits per heavy atom. The van der Waals surface area contributed by atoms with Gasteiger partial charge in [0.15, 0.2) is 11.5 Å². The van der Waals surface area contributed by atoms with Gasteiger partial charge in [-0.2, -0.15) is 4.98 Å². The standard InChI is InChI=1S/C25H29FN4O4/c1-17(16-33-22-8-4-3-7-21(22)32-2)27-25(31)19-6-5-13-30(14-19)15-23-28-24(29-34-23)18-9-11-20(26)12-10-18/h3-4,7-12,17,19H,5-6,13-16H2,1-2H3,(H,27,31). The number of ether oxygens (including phenoxy) is 2. The molecule has 1 saturated heterocycles. The number of nitrogens with one attached hydrogen (secondary N) is 1. The molecule has 9 heteroatoms. The molecule has 1 aliphatic heterocycles. The second-order valence-electron chi connectivity index (χ2n) is 8.46. The number of halogens is 1. The van der Waals surface area contributed by atoms with Gasteiger partial charge in [0.1, 0.15) is 12.4 Å². The highest BCUT2D eigenvalue weighted by atomic mass is 19.1. The van der Waals surface area contributed by atoms with Gasteiger partial charge in [-0.25, -0.2) is 4.39 Å². The van der Waals surface area contributed by atoms with Gasteiger partial charge in [0, 0.05) is 12.1 Å². The molecule has 0 radical (unpaired) electrons. The number of methoxy groups -OCH3 is 1. The zero-order valence-electron chi connectivity index (χ0n) is 19.4. The molecule has 1 aliphatic rings. The van der Waals surface area contributed by atoms with Crippen LogP contribution in [0.5, 0.6) is 11.5 Å². The van der Waals surface area contributed by atoms with Crippen molar-refractivity contribution in [1.82, 2.24) is 20.4 Å². The Morgan fingerprint density at radius 3 is 2.76 bits per heavy atom. The summed E-state index contributed by atoms with van der Waals surface area (Å²) in [6, 6.07) is 13.2. The maximum absolute atomic E-state index is 13.1. The lowest BCUT2D eigenvalue weighted by Gasteiger charge is -2.31. The normalized spacial score (nSPS) is 17.2. The van der Waals surface area contributed by atoms with Crippen LogP contribution in [0, 0.1) is 11.7 Å². The lowest BCUT2D eigenvalue weighted by Crippen LogP contribution is -2.46. The highest BCUT2D eigenvalue weighted by Gasteiger charge is 2.27. The van der Waals surface area contributed by atoms with E-state index in [4.69, 9.17) is 14.0 Å². The number of carbonyl (C=O) groups is 1. The van der Waals surface area contributed by atoms with Gasteiger partial charge in [0.2, 0.25) is 17.6 Å². The summed E-state index contributed by atoms with van der Waals surface area (Å²) in [7, 11) is 1.60. The van der Waals surface area contributed by atoms with Crippen LogP contribution < -0.4 is 14.8 Å². The first-order chi connectivity index (χ1) is 16.5. The van der Waals surface area contributed by atoms with Gasteiger partial charge < -0.3 is 19.3 Å². The van der Waals surface area contributed by atoms with E-state index in [-0.39, 0.29) is 23.7 Å². The van der Waals surface area contributed by atoms with Crippen LogP contribution >= 0.6 is 0 Å². The summed E-state index contributed by atoms with van der Waals surface area (Å²) in [5, 5.41) is 7.05. The monoisotopic (exact) mass is 468 g/mol. The van der Waals surface area contributed by atoms with Crippen molar-refractivity contribution in [2.75, 3.05) is 26.8 Å². The van der Waals surface area contributed by atoms with E-state index >= 15 is 0 Å². The minimum Gasteiger partial charge on any atom is -0.493 e. The molecule has 2 aromatic carbocycles. The van der Waals surface area contributed by atoms with E-state index in [0.717, 1.165) is 19.4 Å². The number of amides is 1. The molecule has 1 N–H and O–H groups in total. The maximum atomic E-state index is 13.1. The first-order valence-electron chi connectivity index (χ1n) is 11.4. The Bertz CT molecular complexity index is 1090. The Balaban J connectivity index is 1.27. The van der Waals surface area contributed by atoms with E-state index < -0.39 is 0 Å². The fourth-order valence-electron chi connectivity index (χ4n) is 3.99. The van der Waals surface area contributed by atoms with Gasteiger partial charge >= 0.3 is 0 Å². The average molecular weight is 469 g/mol. The van der Waals surface area contributed by atoms with Crippen molar-refractivity contribution in [3.05, 3.63) is 60.2 Å². The van der Waals surface area contributed by atoms with Gasteiger partial charge in [-0.1, -0.05) is 17.3 Å². The molecule has 4 rings (SSSR count). The number of hydrogen-bond donors (Lipinski definition) is 1. The predicted octanol–water partition coefficient (Wildman–Crippen LogP) is 3.68. The highest BCUT2D eigenvalue weighted by Crippen LogP contribution is 2.26. The van der Waals surface area contributed by atoms with Crippen LogP contribution in [0.25, 0.3) is 11.4 Å². The summed E-state index contributed by atoms with van der Waals surface area (Å²) < 4.78 is 29.6. The minimum atomic E-state index is -0.314. The first kappa shape index (κ1) is 23.7. The molecule has 8 nitrogen and oxygen atoms in total. The van der Waals surface area contributed by atoms with Gasteiger partial charge in [0.25, 0.3) is 0 Å². The van der Waals surface area contributed by atoms with Crippen LogP contribution in [0.1, 0.15) is 25.7 Å². The molecule has 1 amide bonds. The van der Waals surface area contributed by atoms with Crippen LogP contribution in [0.3, 0.4) is 0 Å². The third-order valence-electron chi connectivity index (χ3n) is 5.75. The zero-order chi connectivity index (χ0) is 23.9. The van der Waals surface area contributed by atoms with Crippen molar-refractivity contribution in [2.24, 2.45) is 5.92 Å². The number of aromatic nitrogens is 2. The quantitative estimate of drug-likeness (QED) is 0.512. The first-order valence-corrected chi connectivity index (χ1v) is 11.4. The molecule has 1 aromatic heterocycles. The topological polar surface area (TPSA) is 89.7 Å². The number of rotatable bonds is 9. The molecule has 3 aromatic rings. The van der Waals surface area contributed by atoms with Gasteiger partial charge in [-0.05, 0) is 62.7 Å². The molecular weight excluding hydrogens is 439 g/mol. The molecule has 180 valence electrons. The lowest BCUT2D eigenvalue weighted by atomic mass is 9.97. The van der Waals surface area contributed by atoms with Gasteiger partial charge in [-0.3, -0.25) is 9.69 Å². The van der Waals surface area contributed by atoms with E-state index in [1.54, 1.807) is 19.2 Å². The molecular formula is C25H29FN4O4. The van der Waals surface area contributed by atoms with Gasteiger partial charge in [0.05, 0.1) is 25.6 Å². The molecule has 0 saturated carbocycles. The Morgan fingerprint density at radius 1 is 1.24 bits per heavy atom. The Labute approximate surface area is 198 Å². The summed E-state index contributed by atoms with van der Waals surface area (Å²) in [6.45, 7) is 4.19. The average Bonchev–Trinajstić information content (AvgIpc) is 3.32. The number of nitrogens with zero attached hydrogens (tertiary/aromatic N) is 3. The van der Waals surface area contributed by atoms with Crippen molar-refractivity contribution < 1.29 is 23.2 Å². The SMILES string of the molecule is COc1ccccc1OCC(C)NC(=O)C1CCCN(Cc2nc(-c3ccc(F)cc3)no2)C1. The van der Waals surface area contributed by atoms with Crippen LogP contribution in [-0.4, -0.2) is 53.8 Å². The van der Waals surface area contributed by atoms with Crippen LogP contribution in [0.4, 0.5) is 4.39 Å². The predicted molar refractivity (Wildman–Crippen MR) is 124 cm³/mol. The second-order valence-corrected chi connectivity index (χ2v) is 8.46. The summed E-state index contributed by atoms with van der Waals surface area (Å²) in [6.07, 6.45) is 1.73. The lowest BCUT2D eigenvalue weighted by molar-refractivity contribution is -0.127. The Hall–Kier alpha value is -3.46. The largest absolute Gasteiger partial charge is 0.493 e. The summed E-state index contributed by atoms with van der Waals surface area (Å²) >= 11 is 0. The fourth-order valence-corrected chi connectivity index (χ4v) is 3.99. The smallest absolute Gasteiger partial charge is 0.241 e. The van der Waals surface area contributed by atoms with E-state index in [1.807, 2.05) is 31.2 Å². The van der Waals surface area contributed by atoms with Crippen molar-refractivity contribution in [3.8, 4) is 22.9 Å². The van der Waals surface area contributed by atoms with E-state index in [2.05, 4.69) is 20.4 Å². The molecule has 2 unspecified atom stereocenters. The van der Waals surface area contributed by atoms with E-state index in [0.29, 0.717) is 48.5 Å². The summed E-state index contributed by atoms with van der Waals surface area (Å²) in [4.78, 5) is 19.4. The van der Waals surface area contributed by atoms with Crippen molar-refractivity contribution in [2.45, 2.75) is 32.4 Å². The van der Waals surface area contributed by atoms with Crippen LogP contribution in [-0.2, 0) is 11.3 Å². The van der Waals surface area contributed by atoms with Crippen LogP contribution in [0.2, 0.25) is 0 Å². The molecule has 2 atom stereocenters. The molecule has 0 aliphatic carbocycles. The van der Waals surface area contributed by atoms with E-state index in [9.17, 15) is 9.18 Å².